The maximum atomic E-state index is 11.7. The molecule has 0 amide bonds. The van der Waals surface area contributed by atoms with Gasteiger partial charge in [0, 0.05) is 15.9 Å². The molecule has 3 aromatic rings. The summed E-state index contributed by atoms with van der Waals surface area (Å²) in [4.78, 5) is 14.5. The van der Waals surface area contributed by atoms with Gasteiger partial charge in [-0.1, -0.05) is 46.3 Å². The van der Waals surface area contributed by atoms with Gasteiger partial charge in [-0.15, -0.1) is 0 Å². The maximum Gasteiger partial charge on any atom is 0.252 e. The van der Waals surface area contributed by atoms with Crippen LogP contribution in [-0.4, -0.2) is 4.98 Å². The van der Waals surface area contributed by atoms with Gasteiger partial charge >= 0.3 is 0 Å². The number of pyridine rings is 1. The van der Waals surface area contributed by atoms with Crippen LogP contribution in [0.25, 0.3) is 10.9 Å². The molecule has 0 unspecified atom stereocenters. The first-order chi connectivity index (χ1) is 9.72. The molecule has 100 valence electrons. The molecule has 0 spiro atoms. The van der Waals surface area contributed by atoms with Crippen LogP contribution in [0.4, 0.5) is 0 Å². The Hall–Kier alpha value is -2.07. The number of fused-ring (bicyclic) bond motifs is 1. The highest BCUT2D eigenvalue weighted by Gasteiger charge is 2.05. The Morgan fingerprint density at radius 1 is 1.05 bits per heavy atom. The average molecular weight is 330 g/mol. The summed E-state index contributed by atoms with van der Waals surface area (Å²) in [6, 6.07) is 17.1. The molecular formula is C16H12BrNO2. The predicted molar refractivity (Wildman–Crippen MR) is 83.0 cm³/mol. The van der Waals surface area contributed by atoms with Crippen LogP contribution in [0.15, 0.2) is 63.9 Å². The largest absolute Gasteiger partial charge is 0.488 e. The summed E-state index contributed by atoms with van der Waals surface area (Å²) in [7, 11) is 0. The Bertz CT molecular complexity index is 796. The molecule has 3 rings (SSSR count). The molecule has 1 heterocycles. The van der Waals surface area contributed by atoms with Crippen molar-refractivity contribution in [3.05, 3.63) is 75.0 Å². The highest BCUT2D eigenvalue weighted by atomic mass is 79.9. The van der Waals surface area contributed by atoms with Gasteiger partial charge in [-0.3, -0.25) is 4.79 Å². The van der Waals surface area contributed by atoms with Crippen LogP contribution in [-0.2, 0) is 6.61 Å². The van der Waals surface area contributed by atoms with Crippen molar-refractivity contribution in [1.82, 2.24) is 4.98 Å². The first kappa shape index (κ1) is 12.9. The standard InChI is InChI=1S/C16H12BrNO2/c17-12-6-7-13-14(8-12)18-16(19)9-15(13)20-10-11-4-2-1-3-5-11/h1-9H,10H2,(H,18,19). The van der Waals surface area contributed by atoms with E-state index < -0.39 is 0 Å². The zero-order valence-electron chi connectivity index (χ0n) is 10.6. The van der Waals surface area contributed by atoms with Gasteiger partial charge in [0.15, 0.2) is 0 Å². The number of rotatable bonds is 3. The van der Waals surface area contributed by atoms with E-state index in [1.54, 1.807) is 0 Å². The Labute approximate surface area is 124 Å². The number of benzene rings is 2. The quantitative estimate of drug-likeness (QED) is 0.792. The Balaban J connectivity index is 1.97. The Morgan fingerprint density at radius 3 is 2.65 bits per heavy atom. The summed E-state index contributed by atoms with van der Waals surface area (Å²) in [5.74, 6) is 0.597. The molecule has 0 radical (unpaired) electrons. The van der Waals surface area contributed by atoms with E-state index in [2.05, 4.69) is 20.9 Å². The van der Waals surface area contributed by atoms with Crippen molar-refractivity contribution >= 4 is 26.8 Å². The number of aromatic nitrogens is 1. The monoisotopic (exact) mass is 329 g/mol. The third-order valence-electron chi connectivity index (χ3n) is 3.00. The molecule has 0 aliphatic rings. The topological polar surface area (TPSA) is 42.1 Å². The zero-order chi connectivity index (χ0) is 13.9. The molecule has 20 heavy (non-hydrogen) atoms. The van der Waals surface area contributed by atoms with E-state index in [-0.39, 0.29) is 5.56 Å². The summed E-state index contributed by atoms with van der Waals surface area (Å²) in [5, 5.41) is 0.892. The summed E-state index contributed by atoms with van der Waals surface area (Å²) < 4.78 is 6.71. The van der Waals surface area contributed by atoms with E-state index >= 15 is 0 Å². The smallest absolute Gasteiger partial charge is 0.252 e. The molecule has 1 N–H and O–H groups in total. The van der Waals surface area contributed by atoms with E-state index in [1.165, 1.54) is 6.07 Å². The lowest BCUT2D eigenvalue weighted by Crippen LogP contribution is -2.06. The van der Waals surface area contributed by atoms with E-state index in [0.717, 1.165) is 20.9 Å². The van der Waals surface area contributed by atoms with E-state index in [1.807, 2.05) is 48.5 Å². The number of hydrogen-bond donors (Lipinski definition) is 1. The van der Waals surface area contributed by atoms with Crippen LogP contribution in [0, 0.1) is 0 Å². The minimum Gasteiger partial charge on any atom is -0.488 e. The summed E-state index contributed by atoms with van der Waals surface area (Å²) in [5.41, 5.74) is 1.66. The molecule has 2 aromatic carbocycles. The highest BCUT2D eigenvalue weighted by Crippen LogP contribution is 2.25. The highest BCUT2D eigenvalue weighted by molar-refractivity contribution is 9.10. The van der Waals surface area contributed by atoms with Gasteiger partial charge in [0.05, 0.1) is 5.52 Å². The van der Waals surface area contributed by atoms with Crippen molar-refractivity contribution < 1.29 is 4.74 Å². The molecule has 0 bridgehead atoms. The normalized spacial score (nSPS) is 10.7. The molecule has 3 nitrogen and oxygen atoms in total. The van der Waals surface area contributed by atoms with Gasteiger partial charge in [0.2, 0.25) is 0 Å². The minimum atomic E-state index is -0.168. The fraction of sp³-hybridized carbons (Fsp3) is 0.0625. The number of ether oxygens (including phenoxy) is 1. The minimum absolute atomic E-state index is 0.168. The van der Waals surface area contributed by atoms with Crippen molar-refractivity contribution in [3.63, 3.8) is 0 Å². The van der Waals surface area contributed by atoms with Gasteiger partial charge < -0.3 is 9.72 Å². The van der Waals surface area contributed by atoms with Crippen LogP contribution < -0.4 is 10.3 Å². The summed E-state index contributed by atoms with van der Waals surface area (Å²) >= 11 is 3.39. The second kappa shape index (κ2) is 5.51. The van der Waals surface area contributed by atoms with Crippen molar-refractivity contribution in [2.24, 2.45) is 0 Å². The molecule has 4 heteroatoms. The fourth-order valence-electron chi connectivity index (χ4n) is 2.06. The second-order valence-electron chi connectivity index (χ2n) is 4.46. The number of aromatic amines is 1. The number of hydrogen-bond acceptors (Lipinski definition) is 2. The SMILES string of the molecule is O=c1cc(OCc2ccccc2)c2ccc(Br)cc2[nH]1. The molecule has 0 saturated heterocycles. The van der Waals surface area contributed by atoms with Crippen LogP contribution >= 0.6 is 15.9 Å². The van der Waals surface area contributed by atoms with Crippen molar-refractivity contribution in [2.45, 2.75) is 6.61 Å². The van der Waals surface area contributed by atoms with Gasteiger partial charge in [-0.25, -0.2) is 0 Å². The van der Waals surface area contributed by atoms with Crippen LogP contribution in [0.3, 0.4) is 0 Å². The lowest BCUT2D eigenvalue weighted by Gasteiger charge is -2.09. The van der Waals surface area contributed by atoms with Crippen molar-refractivity contribution in [1.29, 1.82) is 0 Å². The number of H-pyrrole nitrogens is 1. The van der Waals surface area contributed by atoms with Crippen LogP contribution in [0.1, 0.15) is 5.56 Å². The molecular weight excluding hydrogens is 318 g/mol. The Morgan fingerprint density at radius 2 is 1.85 bits per heavy atom. The first-order valence-corrected chi connectivity index (χ1v) is 7.01. The van der Waals surface area contributed by atoms with Crippen molar-refractivity contribution in [3.8, 4) is 5.75 Å². The summed E-state index contributed by atoms with van der Waals surface area (Å²) in [6.07, 6.45) is 0. The first-order valence-electron chi connectivity index (χ1n) is 6.22. The molecule has 1 aromatic heterocycles. The lowest BCUT2D eigenvalue weighted by molar-refractivity contribution is 0.309. The third kappa shape index (κ3) is 2.75. The second-order valence-corrected chi connectivity index (χ2v) is 5.38. The number of halogens is 1. The van der Waals surface area contributed by atoms with Gasteiger partial charge in [-0.2, -0.15) is 0 Å². The Kier molecular flexibility index (Phi) is 3.56. The fourth-order valence-corrected chi connectivity index (χ4v) is 2.42. The van der Waals surface area contributed by atoms with Crippen molar-refractivity contribution in [2.75, 3.05) is 0 Å². The van der Waals surface area contributed by atoms with Gasteiger partial charge in [0.1, 0.15) is 12.4 Å². The van der Waals surface area contributed by atoms with Crippen LogP contribution in [0.2, 0.25) is 0 Å². The molecule has 0 saturated carbocycles. The molecule has 0 aliphatic carbocycles. The zero-order valence-corrected chi connectivity index (χ0v) is 12.2. The molecule has 0 aliphatic heterocycles. The number of nitrogens with one attached hydrogen (secondary N) is 1. The average Bonchev–Trinajstić information content (AvgIpc) is 2.45. The lowest BCUT2D eigenvalue weighted by atomic mass is 10.2. The summed E-state index contributed by atoms with van der Waals surface area (Å²) in [6.45, 7) is 0.440. The molecule has 0 atom stereocenters. The molecule has 0 fully saturated rings. The van der Waals surface area contributed by atoms with Gasteiger partial charge in [-0.05, 0) is 23.8 Å². The van der Waals surface area contributed by atoms with Gasteiger partial charge in [0.25, 0.3) is 5.56 Å². The predicted octanol–water partition coefficient (Wildman–Crippen LogP) is 3.87. The third-order valence-corrected chi connectivity index (χ3v) is 3.50. The van der Waals surface area contributed by atoms with Crippen LogP contribution in [0.5, 0.6) is 5.75 Å². The maximum absolute atomic E-state index is 11.7. The van der Waals surface area contributed by atoms with E-state index in [0.29, 0.717) is 12.4 Å². The van der Waals surface area contributed by atoms with E-state index in [4.69, 9.17) is 4.74 Å². The van der Waals surface area contributed by atoms with E-state index in [9.17, 15) is 4.79 Å².